The predicted molar refractivity (Wildman–Crippen MR) is 96.0 cm³/mol. The molecule has 136 valence electrons. The van der Waals surface area contributed by atoms with Crippen LogP contribution in [0.3, 0.4) is 0 Å². The van der Waals surface area contributed by atoms with Gasteiger partial charge in [-0.2, -0.15) is 0 Å². The number of nitrogens with one attached hydrogen (secondary N) is 1. The van der Waals surface area contributed by atoms with Gasteiger partial charge in [0.25, 0.3) is 0 Å². The zero-order valence-electron chi connectivity index (χ0n) is 14.7. The minimum Gasteiger partial charge on any atom is -0.381 e. The molecule has 0 radical (unpaired) electrons. The standard InChI is InChI=1S/C19H27N3O3/c23-19(22-7-5-15-3-1-2-4-17(15)22)20-13-18(16-6-10-25-14-16)21-8-11-24-12-9-21/h1-4,16,18H,5-14H2,(H,20,23)/t16-,18-/m1/s1. The lowest BCUT2D eigenvalue weighted by Gasteiger charge is -2.37. The molecule has 0 spiro atoms. The molecular weight excluding hydrogens is 318 g/mol. The molecule has 2 saturated heterocycles. The summed E-state index contributed by atoms with van der Waals surface area (Å²) in [5.74, 6) is 0.490. The monoisotopic (exact) mass is 345 g/mol. The normalized spacial score (nSPS) is 25.0. The average Bonchev–Trinajstić information content (AvgIpc) is 3.32. The zero-order valence-corrected chi connectivity index (χ0v) is 14.7. The van der Waals surface area contributed by atoms with Crippen LogP contribution in [0.4, 0.5) is 10.5 Å². The van der Waals surface area contributed by atoms with Crippen LogP contribution in [-0.4, -0.2) is 69.6 Å². The smallest absolute Gasteiger partial charge is 0.321 e. The molecular formula is C19H27N3O3. The van der Waals surface area contributed by atoms with Crippen molar-refractivity contribution < 1.29 is 14.3 Å². The molecule has 3 heterocycles. The van der Waals surface area contributed by atoms with Gasteiger partial charge in [-0.05, 0) is 24.5 Å². The average molecular weight is 345 g/mol. The second kappa shape index (κ2) is 7.72. The molecule has 6 heteroatoms. The molecule has 2 atom stereocenters. The third-order valence-corrected chi connectivity index (χ3v) is 5.62. The molecule has 1 aromatic carbocycles. The molecule has 0 saturated carbocycles. The van der Waals surface area contributed by atoms with Crippen molar-refractivity contribution in [2.75, 3.05) is 57.5 Å². The molecule has 1 aromatic rings. The summed E-state index contributed by atoms with van der Waals surface area (Å²) in [6.45, 7) is 6.48. The molecule has 3 aliphatic rings. The van der Waals surface area contributed by atoms with Crippen LogP contribution in [0.2, 0.25) is 0 Å². The van der Waals surface area contributed by atoms with Crippen molar-refractivity contribution >= 4 is 11.7 Å². The Morgan fingerprint density at radius 2 is 2.00 bits per heavy atom. The van der Waals surface area contributed by atoms with Crippen molar-refractivity contribution in [1.29, 1.82) is 0 Å². The Balaban J connectivity index is 1.39. The van der Waals surface area contributed by atoms with Crippen LogP contribution < -0.4 is 10.2 Å². The summed E-state index contributed by atoms with van der Waals surface area (Å²) < 4.78 is 11.1. The van der Waals surface area contributed by atoms with Gasteiger partial charge >= 0.3 is 6.03 Å². The summed E-state index contributed by atoms with van der Waals surface area (Å²) in [5.41, 5.74) is 2.30. The first-order valence-corrected chi connectivity index (χ1v) is 9.36. The highest BCUT2D eigenvalue weighted by Crippen LogP contribution is 2.27. The summed E-state index contributed by atoms with van der Waals surface area (Å²) in [6.07, 6.45) is 2.01. The van der Waals surface area contributed by atoms with Crippen LogP contribution in [0.5, 0.6) is 0 Å². The molecule has 2 amide bonds. The first-order valence-electron chi connectivity index (χ1n) is 9.36. The van der Waals surface area contributed by atoms with Gasteiger partial charge in [0.1, 0.15) is 0 Å². The summed E-state index contributed by atoms with van der Waals surface area (Å²) >= 11 is 0. The first-order chi connectivity index (χ1) is 12.3. The van der Waals surface area contributed by atoms with E-state index < -0.39 is 0 Å². The molecule has 4 rings (SSSR count). The summed E-state index contributed by atoms with van der Waals surface area (Å²) in [4.78, 5) is 17.1. The lowest BCUT2D eigenvalue weighted by atomic mass is 9.97. The van der Waals surface area contributed by atoms with E-state index in [4.69, 9.17) is 9.47 Å². The van der Waals surface area contributed by atoms with Crippen molar-refractivity contribution in [2.24, 2.45) is 5.92 Å². The number of hydrogen-bond donors (Lipinski definition) is 1. The van der Waals surface area contributed by atoms with Crippen molar-refractivity contribution in [3.8, 4) is 0 Å². The van der Waals surface area contributed by atoms with Crippen molar-refractivity contribution in [2.45, 2.75) is 18.9 Å². The Morgan fingerprint density at radius 1 is 1.16 bits per heavy atom. The third kappa shape index (κ3) is 3.66. The Kier molecular flexibility index (Phi) is 5.20. The summed E-state index contributed by atoms with van der Waals surface area (Å²) in [7, 11) is 0. The van der Waals surface area contributed by atoms with Crippen LogP contribution in [0.1, 0.15) is 12.0 Å². The van der Waals surface area contributed by atoms with E-state index in [2.05, 4.69) is 16.3 Å². The van der Waals surface area contributed by atoms with Gasteiger partial charge in [-0.3, -0.25) is 9.80 Å². The van der Waals surface area contributed by atoms with E-state index in [0.29, 0.717) is 18.5 Å². The summed E-state index contributed by atoms with van der Waals surface area (Å²) in [5, 5.41) is 3.19. The van der Waals surface area contributed by atoms with E-state index >= 15 is 0 Å². The number of amides is 2. The zero-order chi connectivity index (χ0) is 17.1. The Morgan fingerprint density at radius 3 is 2.80 bits per heavy atom. The number of rotatable bonds is 4. The molecule has 6 nitrogen and oxygen atoms in total. The van der Waals surface area contributed by atoms with Crippen LogP contribution in [0, 0.1) is 5.92 Å². The number of benzene rings is 1. The molecule has 0 aliphatic carbocycles. The molecule has 2 fully saturated rings. The number of urea groups is 1. The fourth-order valence-corrected chi connectivity index (χ4v) is 4.20. The van der Waals surface area contributed by atoms with Crippen molar-refractivity contribution in [3.05, 3.63) is 29.8 Å². The van der Waals surface area contributed by atoms with E-state index in [9.17, 15) is 4.79 Å². The minimum atomic E-state index is 0.0159. The fourth-order valence-electron chi connectivity index (χ4n) is 4.20. The number of hydrogen-bond acceptors (Lipinski definition) is 4. The number of anilines is 1. The maximum absolute atomic E-state index is 12.8. The number of carbonyl (C=O) groups is 1. The number of fused-ring (bicyclic) bond motifs is 1. The fraction of sp³-hybridized carbons (Fsp3) is 0.632. The molecule has 0 aromatic heterocycles. The number of ether oxygens (including phenoxy) is 2. The van der Waals surface area contributed by atoms with E-state index in [1.807, 2.05) is 23.1 Å². The van der Waals surface area contributed by atoms with Crippen molar-refractivity contribution in [1.82, 2.24) is 10.2 Å². The lowest BCUT2D eigenvalue weighted by Crippen LogP contribution is -2.53. The second-order valence-corrected chi connectivity index (χ2v) is 7.06. The molecule has 0 unspecified atom stereocenters. The number of nitrogens with zero attached hydrogens (tertiary/aromatic N) is 2. The van der Waals surface area contributed by atoms with E-state index in [1.54, 1.807) is 0 Å². The van der Waals surface area contributed by atoms with Gasteiger partial charge in [0.2, 0.25) is 0 Å². The van der Waals surface area contributed by atoms with E-state index in [-0.39, 0.29) is 6.03 Å². The SMILES string of the molecule is O=C(NC[C@H]([C@@H]1CCOC1)N1CCOCC1)N1CCc2ccccc21. The number of morpholine rings is 1. The molecule has 25 heavy (non-hydrogen) atoms. The van der Waals surface area contributed by atoms with E-state index in [1.165, 1.54) is 5.56 Å². The molecule has 0 bridgehead atoms. The Labute approximate surface area is 149 Å². The Hall–Kier alpha value is -1.63. The van der Waals surface area contributed by atoms with Crippen LogP contribution in [0.15, 0.2) is 24.3 Å². The highest BCUT2D eigenvalue weighted by molar-refractivity contribution is 5.94. The molecule has 1 N–H and O–H groups in total. The van der Waals surface area contributed by atoms with Gasteiger partial charge in [-0.15, -0.1) is 0 Å². The summed E-state index contributed by atoms with van der Waals surface area (Å²) in [6, 6.07) is 8.52. The van der Waals surface area contributed by atoms with Gasteiger partial charge in [-0.1, -0.05) is 18.2 Å². The largest absolute Gasteiger partial charge is 0.381 e. The van der Waals surface area contributed by atoms with Gasteiger partial charge in [0.15, 0.2) is 0 Å². The first kappa shape index (κ1) is 16.8. The van der Waals surface area contributed by atoms with Crippen molar-refractivity contribution in [3.63, 3.8) is 0 Å². The van der Waals surface area contributed by atoms with Gasteiger partial charge in [-0.25, -0.2) is 4.79 Å². The van der Waals surface area contributed by atoms with Crippen LogP contribution in [-0.2, 0) is 15.9 Å². The number of para-hydroxylation sites is 1. The highest BCUT2D eigenvalue weighted by Gasteiger charge is 2.32. The second-order valence-electron chi connectivity index (χ2n) is 7.06. The lowest BCUT2D eigenvalue weighted by molar-refractivity contribution is 0.00217. The van der Waals surface area contributed by atoms with Gasteiger partial charge in [0, 0.05) is 50.4 Å². The highest BCUT2D eigenvalue weighted by atomic mass is 16.5. The van der Waals surface area contributed by atoms with E-state index in [0.717, 1.165) is 64.6 Å². The molecule has 3 aliphatic heterocycles. The maximum atomic E-state index is 12.8. The van der Waals surface area contributed by atoms with Crippen LogP contribution in [0.25, 0.3) is 0 Å². The van der Waals surface area contributed by atoms with Gasteiger partial charge < -0.3 is 14.8 Å². The maximum Gasteiger partial charge on any atom is 0.321 e. The topological polar surface area (TPSA) is 54.0 Å². The third-order valence-electron chi connectivity index (χ3n) is 5.62. The van der Waals surface area contributed by atoms with Crippen LogP contribution >= 0.6 is 0 Å². The Bertz CT molecular complexity index is 597. The minimum absolute atomic E-state index is 0.0159. The predicted octanol–water partition coefficient (Wildman–Crippen LogP) is 1.50. The quantitative estimate of drug-likeness (QED) is 0.898. The number of carbonyl (C=O) groups excluding carboxylic acids is 1. The van der Waals surface area contributed by atoms with Gasteiger partial charge in [0.05, 0.1) is 19.8 Å².